The summed E-state index contributed by atoms with van der Waals surface area (Å²) >= 11 is 5.91. The van der Waals surface area contributed by atoms with Crippen LogP contribution < -0.4 is 0 Å². The Hall–Kier alpha value is -2.71. The van der Waals surface area contributed by atoms with Gasteiger partial charge < -0.3 is 9.32 Å². The number of halogens is 1. The van der Waals surface area contributed by atoms with Crippen molar-refractivity contribution < 1.29 is 17.6 Å². The van der Waals surface area contributed by atoms with Gasteiger partial charge in [-0.25, -0.2) is 8.42 Å². The van der Waals surface area contributed by atoms with Crippen LogP contribution in [-0.4, -0.2) is 41.7 Å². The molecular formula is C21H20ClN3O4S. The van der Waals surface area contributed by atoms with Crippen LogP contribution in [0, 0.1) is 6.92 Å². The molecule has 156 valence electrons. The molecule has 7 nitrogen and oxygen atoms in total. The second kappa shape index (κ2) is 7.85. The van der Waals surface area contributed by atoms with Crippen molar-refractivity contribution in [2.45, 2.75) is 37.2 Å². The normalized spacial score (nSPS) is 14.0. The highest BCUT2D eigenvalue weighted by Crippen LogP contribution is 2.31. The summed E-state index contributed by atoms with van der Waals surface area (Å²) in [5.41, 5.74) is 1.81. The highest BCUT2D eigenvalue weighted by Gasteiger charge is 2.35. The van der Waals surface area contributed by atoms with Gasteiger partial charge in [-0.1, -0.05) is 17.7 Å². The van der Waals surface area contributed by atoms with Gasteiger partial charge >= 0.3 is 0 Å². The van der Waals surface area contributed by atoms with E-state index in [-0.39, 0.29) is 23.4 Å². The van der Waals surface area contributed by atoms with E-state index in [1.54, 1.807) is 42.2 Å². The number of rotatable bonds is 6. The second-order valence-corrected chi connectivity index (χ2v) is 9.87. The van der Waals surface area contributed by atoms with Gasteiger partial charge in [0.05, 0.1) is 11.4 Å². The number of aromatic nitrogens is 2. The largest absolute Gasteiger partial charge is 0.419 e. The minimum Gasteiger partial charge on any atom is -0.419 e. The Kier molecular flexibility index (Phi) is 5.38. The lowest BCUT2D eigenvalue weighted by Crippen LogP contribution is -2.33. The van der Waals surface area contributed by atoms with Crippen LogP contribution in [0.2, 0.25) is 5.02 Å². The molecule has 0 radical (unpaired) electrons. The number of carbonyl (C=O) groups is 1. The number of benzene rings is 2. The van der Waals surface area contributed by atoms with E-state index in [0.717, 1.165) is 24.7 Å². The first kappa shape index (κ1) is 20.6. The van der Waals surface area contributed by atoms with Crippen molar-refractivity contribution in [2.75, 3.05) is 6.26 Å². The van der Waals surface area contributed by atoms with E-state index in [0.29, 0.717) is 27.9 Å². The van der Waals surface area contributed by atoms with Gasteiger partial charge in [0.15, 0.2) is 9.84 Å². The Labute approximate surface area is 179 Å². The molecule has 0 bridgehead atoms. The molecule has 0 saturated heterocycles. The maximum absolute atomic E-state index is 13.3. The van der Waals surface area contributed by atoms with E-state index in [4.69, 9.17) is 16.0 Å². The van der Waals surface area contributed by atoms with Crippen LogP contribution in [0.5, 0.6) is 0 Å². The van der Waals surface area contributed by atoms with Crippen LogP contribution in [0.4, 0.5) is 0 Å². The summed E-state index contributed by atoms with van der Waals surface area (Å²) in [7, 11) is -3.42. The molecule has 1 aliphatic rings. The van der Waals surface area contributed by atoms with Crippen molar-refractivity contribution in [3.63, 3.8) is 0 Å². The fourth-order valence-electron chi connectivity index (χ4n) is 3.14. The van der Waals surface area contributed by atoms with Gasteiger partial charge in [-0.2, -0.15) is 0 Å². The van der Waals surface area contributed by atoms with Crippen molar-refractivity contribution in [1.82, 2.24) is 15.1 Å². The summed E-state index contributed by atoms with van der Waals surface area (Å²) in [6.07, 6.45) is 2.89. The monoisotopic (exact) mass is 445 g/mol. The molecule has 1 heterocycles. The van der Waals surface area contributed by atoms with Gasteiger partial charge in [0, 0.05) is 28.4 Å². The third-order valence-corrected chi connectivity index (χ3v) is 6.34. The Bertz CT molecular complexity index is 1200. The van der Waals surface area contributed by atoms with Crippen molar-refractivity contribution in [3.8, 4) is 11.5 Å². The lowest BCUT2D eigenvalue weighted by molar-refractivity contribution is 0.0713. The van der Waals surface area contributed by atoms with Crippen molar-refractivity contribution in [2.24, 2.45) is 0 Å². The highest BCUT2D eigenvalue weighted by molar-refractivity contribution is 7.90. The quantitative estimate of drug-likeness (QED) is 0.571. The molecule has 0 N–H and O–H groups in total. The number of carbonyl (C=O) groups excluding carboxylic acids is 1. The van der Waals surface area contributed by atoms with Crippen LogP contribution in [0.15, 0.2) is 51.8 Å². The van der Waals surface area contributed by atoms with Gasteiger partial charge in [-0.15, -0.1) is 10.2 Å². The van der Waals surface area contributed by atoms with Gasteiger partial charge in [0.2, 0.25) is 11.8 Å². The molecule has 30 heavy (non-hydrogen) atoms. The number of amides is 1. The predicted molar refractivity (Wildman–Crippen MR) is 112 cm³/mol. The third kappa shape index (κ3) is 4.39. The molecule has 0 spiro atoms. The Morgan fingerprint density at radius 1 is 1.17 bits per heavy atom. The van der Waals surface area contributed by atoms with Crippen LogP contribution >= 0.6 is 11.6 Å². The van der Waals surface area contributed by atoms with Crippen molar-refractivity contribution >= 4 is 27.3 Å². The summed E-state index contributed by atoms with van der Waals surface area (Å²) in [6, 6.07) is 11.7. The minimum absolute atomic E-state index is 0.0738. The molecular weight excluding hydrogens is 426 g/mol. The molecule has 2 aromatic carbocycles. The first-order valence-electron chi connectivity index (χ1n) is 9.42. The fraction of sp³-hybridized carbons (Fsp3) is 0.286. The van der Waals surface area contributed by atoms with Crippen LogP contribution in [-0.2, 0) is 16.4 Å². The van der Waals surface area contributed by atoms with E-state index < -0.39 is 9.84 Å². The molecule has 3 aromatic rings. The van der Waals surface area contributed by atoms with Crippen LogP contribution in [0.3, 0.4) is 0 Å². The van der Waals surface area contributed by atoms with E-state index in [1.807, 2.05) is 0 Å². The Morgan fingerprint density at radius 3 is 2.50 bits per heavy atom. The summed E-state index contributed by atoms with van der Waals surface area (Å²) in [4.78, 5) is 15.1. The zero-order valence-electron chi connectivity index (χ0n) is 16.5. The molecule has 1 saturated carbocycles. The summed E-state index contributed by atoms with van der Waals surface area (Å²) in [5.74, 6) is 0.420. The number of hydrogen-bond donors (Lipinski definition) is 0. The fourth-order valence-corrected chi connectivity index (χ4v) is 3.92. The molecule has 1 fully saturated rings. The highest BCUT2D eigenvalue weighted by atomic mass is 35.5. The lowest BCUT2D eigenvalue weighted by Gasteiger charge is -2.22. The maximum Gasteiger partial charge on any atom is 0.254 e. The Balaban J connectivity index is 1.60. The topological polar surface area (TPSA) is 93.4 Å². The molecule has 9 heteroatoms. The number of sulfone groups is 1. The molecule has 1 aromatic heterocycles. The molecule has 4 rings (SSSR count). The van der Waals surface area contributed by atoms with Gasteiger partial charge in [-0.05, 0) is 61.7 Å². The first-order valence-corrected chi connectivity index (χ1v) is 11.7. The standard InChI is InChI=1S/C21H20ClN3O4S/c1-13-3-10-17(30(2,27)28)11-18(13)21(26)25(16-8-9-16)12-19-23-24-20(29-19)14-4-6-15(22)7-5-14/h3-7,10-11,16H,8-9,12H2,1-2H3. The average molecular weight is 446 g/mol. The van der Waals surface area contributed by atoms with Gasteiger partial charge in [0.1, 0.15) is 0 Å². The first-order chi connectivity index (χ1) is 14.2. The third-order valence-electron chi connectivity index (χ3n) is 4.98. The number of aryl methyl sites for hydroxylation is 1. The smallest absolute Gasteiger partial charge is 0.254 e. The summed E-state index contributed by atoms with van der Waals surface area (Å²) < 4.78 is 29.6. The molecule has 0 unspecified atom stereocenters. The molecule has 1 amide bonds. The number of nitrogens with zero attached hydrogens (tertiary/aromatic N) is 3. The number of hydrogen-bond acceptors (Lipinski definition) is 6. The Morgan fingerprint density at radius 2 is 1.87 bits per heavy atom. The van der Waals surface area contributed by atoms with Crippen molar-refractivity contribution in [1.29, 1.82) is 0 Å². The summed E-state index contributed by atoms with van der Waals surface area (Å²) in [6.45, 7) is 1.95. The summed E-state index contributed by atoms with van der Waals surface area (Å²) in [5, 5.41) is 8.76. The van der Waals surface area contributed by atoms with Gasteiger partial charge in [-0.3, -0.25) is 4.79 Å². The van der Waals surface area contributed by atoms with E-state index >= 15 is 0 Å². The lowest BCUT2D eigenvalue weighted by atomic mass is 10.1. The zero-order valence-corrected chi connectivity index (χ0v) is 18.1. The molecule has 1 aliphatic carbocycles. The van der Waals surface area contributed by atoms with E-state index in [9.17, 15) is 13.2 Å². The second-order valence-electron chi connectivity index (χ2n) is 7.42. The van der Waals surface area contributed by atoms with E-state index in [2.05, 4.69) is 10.2 Å². The SMILES string of the molecule is Cc1ccc(S(C)(=O)=O)cc1C(=O)N(Cc1nnc(-c2ccc(Cl)cc2)o1)C1CC1. The molecule has 0 atom stereocenters. The minimum atomic E-state index is -3.42. The van der Waals surface area contributed by atoms with Crippen molar-refractivity contribution in [3.05, 3.63) is 64.5 Å². The zero-order chi connectivity index (χ0) is 21.5. The van der Waals surface area contributed by atoms with Gasteiger partial charge in [0.25, 0.3) is 5.91 Å². The average Bonchev–Trinajstić information content (AvgIpc) is 3.43. The maximum atomic E-state index is 13.3. The predicted octanol–water partition coefficient (Wildman–Crippen LogP) is 3.91. The van der Waals surface area contributed by atoms with E-state index in [1.165, 1.54) is 12.1 Å². The molecule has 0 aliphatic heterocycles. The van der Waals surface area contributed by atoms with Crippen LogP contribution in [0.1, 0.15) is 34.7 Å². The van der Waals surface area contributed by atoms with Crippen LogP contribution in [0.25, 0.3) is 11.5 Å².